The molecular formula is C26H19N7NaO5S+. The van der Waals surface area contributed by atoms with Gasteiger partial charge in [-0.05, 0) is 71.4 Å². The van der Waals surface area contributed by atoms with E-state index in [2.05, 4.69) is 20.4 Å². The van der Waals surface area contributed by atoms with Crippen LogP contribution in [0, 0.1) is 17.0 Å². The van der Waals surface area contributed by atoms with E-state index in [-0.39, 0.29) is 52.4 Å². The second kappa shape index (κ2) is 11.9. The number of hydrogen-bond acceptors (Lipinski definition) is 9. The maximum absolute atomic E-state index is 12.4. The van der Waals surface area contributed by atoms with Crippen LogP contribution in [0.15, 0.2) is 112 Å². The van der Waals surface area contributed by atoms with Crippen molar-refractivity contribution in [2.75, 3.05) is 0 Å². The van der Waals surface area contributed by atoms with E-state index in [9.17, 15) is 23.1 Å². The number of nitrogens with zero attached hydrogens (tertiary/aromatic N) is 7. The molecule has 0 saturated carbocycles. The Balaban J connectivity index is 0.00000370. The molecule has 0 spiro atoms. The molecule has 5 rings (SSSR count). The molecule has 1 aromatic heterocycles. The first kappa shape index (κ1) is 28.9. The van der Waals surface area contributed by atoms with Gasteiger partial charge in [0.2, 0.25) is 0 Å². The van der Waals surface area contributed by atoms with E-state index in [1.54, 1.807) is 36.4 Å². The van der Waals surface area contributed by atoms with Crippen LogP contribution in [0.1, 0.15) is 5.56 Å². The van der Waals surface area contributed by atoms with Crippen molar-refractivity contribution in [3.05, 3.63) is 113 Å². The molecule has 5 aromatic rings. The molecule has 0 bridgehead atoms. The topological polar surface area (TPSA) is 160 Å². The van der Waals surface area contributed by atoms with E-state index in [4.69, 9.17) is 0 Å². The van der Waals surface area contributed by atoms with Crippen LogP contribution >= 0.6 is 0 Å². The largest absolute Gasteiger partial charge is 1.00 e. The number of non-ortho nitro benzene ring substituents is 1. The van der Waals surface area contributed by atoms with E-state index in [0.717, 1.165) is 16.4 Å². The normalized spacial score (nSPS) is 11.3. The summed E-state index contributed by atoms with van der Waals surface area (Å²) in [4.78, 5) is 12.4. The predicted octanol–water partition coefficient (Wildman–Crippen LogP) is 1.75. The Morgan fingerprint density at radius 1 is 0.875 bits per heavy atom. The van der Waals surface area contributed by atoms with Crippen molar-refractivity contribution in [1.82, 2.24) is 15.0 Å². The van der Waals surface area contributed by atoms with E-state index < -0.39 is 19.9 Å². The summed E-state index contributed by atoms with van der Waals surface area (Å²) >= 11 is 0. The average molecular weight is 565 g/mol. The molecule has 0 aliphatic carbocycles. The Kier molecular flexibility index (Phi) is 8.61. The van der Waals surface area contributed by atoms with Crippen molar-refractivity contribution in [2.45, 2.75) is 11.8 Å². The van der Waals surface area contributed by atoms with Gasteiger partial charge in [0.15, 0.2) is 5.69 Å². The van der Waals surface area contributed by atoms with Crippen LogP contribution in [0.4, 0.5) is 17.1 Å². The summed E-state index contributed by atoms with van der Waals surface area (Å²) in [6, 6.07) is 25.6. The zero-order valence-electron chi connectivity index (χ0n) is 21.3. The molecule has 12 nitrogen and oxygen atoms in total. The summed E-state index contributed by atoms with van der Waals surface area (Å²) in [5, 5.41) is 28.3. The van der Waals surface area contributed by atoms with Crippen LogP contribution in [0.2, 0.25) is 0 Å². The van der Waals surface area contributed by atoms with Crippen molar-refractivity contribution in [2.24, 2.45) is 10.2 Å². The molecule has 0 aliphatic heterocycles. The van der Waals surface area contributed by atoms with E-state index in [1.165, 1.54) is 41.2 Å². The maximum Gasteiger partial charge on any atom is 1.00 e. The summed E-state index contributed by atoms with van der Waals surface area (Å²) in [5.74, 6) is 0.228. The van der Waals surface area contributed by atoms with Crippen LogP contribution in [-0.2, 0) is 10.1 Å². The Bertz CT molecular complexity index is 1810. The number of tetrazole rings is 1. The number of aromatic nitrogens is 4. The number of azo groups is 1. The Morgan fingerprint density at radius 2 is 1.50 bits per heavy atom. The fourth-order valence-electron chi connectivity index (χ4n) is 3.67. The molecule has 0 aliphatic rings. The second-order valence-corrected chi connectivity index (χ2v) is 9.73. The molecule has 0 radical (unpaired) electrons. The molecule has 1 heterocycles. The van der Waals surface area contributed by atoms with Crippen molar-refractivity contribution in [3.63, 3.8) is 0 Å². The summed E-state index contributed by atoms with van der Waals surface area (Å²) < 4.78 is 37.1. The van der Waals surface area contributed by atoms with Crippen LogP contribution < -0.4 is 34.4 Å². The SMILES string of the molecule is Cc1ccc(N=Nc2ccc(-[n+]3nc(-c4ccccc4)nn3-c3ccc([N+](=O)[O-])cc3)c(S(=O)(=O)[O-])c2)cc1.[Na+]. The second-order valence-electron chi connectivity index (χ2n) is 8.38. The molecule has 0 atom stereocenters. The third-order valence-electron chi connectivity index (χ3n) is 5.62. The van der Waals surface area contributed by atoms with E-state index in [1.807, 2.05) is 25.1 Å². The summed E-state index contributed by atoms with van der Waals surface area (Å²) in [6.07, 6.45) is 0. The van der Waals surface area contributed by atoms with Gasteiger partial charge in [-0.2, -0.15) is 10.2 Å². The van der Waals surface area contributed by atoms with Gasteiger partial charge in [0, 0.05) is 16.9 Å². The van der Waals surface area contributed by atoms with Gasteiger partial charge in [0.25, 0.3) is 5.69 Å². The number of nitro groups is 1. The van der Waals surface area contributed by atoms with E-state index in [0.29, 0.717) is 16.9 Å². The quantitative estimate of drug-likeness (QED) is 0.0727. The standard InChI is InChI=1S/C26H19N7O5S.Na/c1-18-7-9-20(10-8-18)27-28-21-11-16-24(25(17-21)39(36,37)38)32-30-26(19-5-3-2-4-6-19)29-31(32)22-12-14-23(15-13-22)33(34)35;/h2-17H,1H3;/q;+1. The first-order valence-electron chi connectivity index (χ1n) is 11.5. The molecule has 4 aromatic carbocycles. The zero-order chi connectivity index (χ0) is 27.6. The molecule has 0 N–H and O–H groups in total. The van der Waals surface area contributed by atoms with Gasteiger partial charge in [-0.15, -0.1) is 0 Å². The number of benzene rings is 4. The minimum Gasteiger partial charge on any atom is -0.744 e. The number of nitro benzene ring substituents is 1. The fourth-order valence-corrected chi connectivity index (χ4v) is 4.35. The molecule has 0 amide bonds. The molecular weight excluding hydrogens is 545 g/mol. The average Bonchev–Trinajstić information content (AvgIpc) is 3.38. The number of hydrogen-bond donors (Lipinski definition) is 0. The maximum atomic E-state index is 12.4. The van der Waals surface area contributed by atoms with Gasteiger partial charge in [0.1, 0.15) is 20.7 Å². The number of aryl methyl sites for hydroxylation is 1. The van der Waals surface area contributed by atoms with Crippen LogP contribution in [0.5, 0.6) is 0 Å². The minimum atomic E-state index is -5.01. The Labute approximate surface area is 250 Å². The fraction of sp³-hybridized carbons (Fsp3) is 0.0385. The van der Waals surface area contributed by atoms with Crippen molar-refractivity contribution in [3.8, 4) is 22.8 Å². The summed E-state index contributed by atoms with van der Waals surface area (Å²) in [7, 11) is -5.01. The number of rotatable bonds is 7. The van der Waals surface area contributed by atoms with Crippen molar-refractivity contribution in [1.29, 1.82) is 0 Å². The van der Waals surface area contributed by atoms with Gasteiger partial charge < -0.3 is 4.55 Å². The van der Waals surface area contributed by atoms with Gasteiger partial charge in [-0.1, -0.05) is 35.9 Å². The van der Waals surface area contributed by atoms with Crippen LogP contribution in [-0.4, -0.2) is 32.9 Å². The smallest absolute Gasteiger partial charge is 0.744 e. The van der Waals surface area contributed by atoms with Crippen LogP contribution in [0.25, 0.3) is 22.8 Å². The first-order valence-corrected chi connectivity index (χ1v) is 12.9. The molecule has 0 fully saturated rings. The minimum absolute atomic E-state index is 0. The molecule has 14 heteroatoms. The Hall–Kier alpha value is -4.14. The monoisotopic (exact) mass is 564 g/mol. The molecule has 40 heavy (non-hydrogen) atoms. The molecule has 0 unspecified atom stereocenters. The van der Waals surface area contributed by atoms with Gasteiger partial charge >= 0.3 is 35.4 Å². The van der Waals surface area contributed by atoms with Crippen LogP contribution in [0.3, 0.4) is 0 Å². The zero-order valence-corrected chi connectivity index (χ0v) is 24.1. The third kappa shape index (κ3) is 6.35. The van der Waals surface area contributed by atoms with Crippen molar-refractivity contribution >= 4 is 27.2 Å². The van der Waals surface area contributed by atoms with Gasteiger partial charge in [-0.3, -0.25) is 10.1 Å². The first-order chi connectivity index (χ1) is 18.7. The Morgan fingerprint density at radius 3 is 2.12 bits per heavy atom. The third-order valence-corrected chi connectivity index (χ3v) is 6.49. The predicted molar refractivity (Wildman–Crippen MR) is 138 cm³/mol. The van der Waals surface area contributed by atoms with E-state index >= 15 is 0 Å². The molecule has 194 valence electrons. The summed E-state index contributed by atoms with van der Waals surface area (Å²) in [6.45, 7) is 1.93. The molecule has 0 saturated heterocycles. The van der Waals surface area contributed by atoms with Gasteiger partial charge in [-0.25, -0.2) is 8.42 Å². The van der Waals surface area contributed by atoms with Gasteiger partial charge in [0.05, 0.1) is 27.0 Å². The summed E-state index contributed by atoms with van der Waals surface area (Å²) in [5.41, 5.74) is 2.47. The van der Waals surface area contributed by atoms with Crippen molar-refractivity contribution < 1.29 is 52.2 Å².